The molecular weight excluding hydrogens is 384 g/mol. The Labute approximate surface area is 166 Å². The summed E-state index contributed by atoms with van der Waals surface area (Å²) in [6, 6.07) is 9.44. The summed E-state index contributed by atoms with van der Waals surface area (Å²) >= 11 is 5.95. The van der Waals surface area contributed by atoms with Crippen LogP contribution in [0, 0.1) is 20.8 Å². The monoisotopic (exact) mass is 408 g/mol. The van der Waals surface area contributed by atoms with Gasteiger partial charge in [-0.15, -0.1) is 0 Å². The summed E-state index contributed by atoms with van der Waals surface area (Å²) < 4.78 is 33.6. The molecular formula is C20H25ClN2O3S. The number of sulfonamides is 1. The molecule has 0 atom stereocenters. The van der Waals surface area contributed by atoms with Crippen LogP contribution in [0.1, 0.15) is 16.7 Å². The van der Waals surface area contributed by atoms with Crippen LogP contribution < -0.4 is 9.64 Å². The van der Waals surface area contributed by atoms with E-state index in [4.69, 9.17) is 16.3 Å². The molecule has 0 N–H and O–H groups in total. The average molecular weight is 409 g/mol. The minimum atomic E-state index is -3.55. The number of rotatable bonds is 4. The lowest BCUT2D eigenvalue weighted by molar-refractivity contribution is 0.384. The van der Waals surface area contributed by atoms with Gasteiger partial charge in [0.05, 0.1) is 12.0 Å². The van der Waals surface area contributed by atoms with Gasteiger partial charge in [-0.1, -0.05) is 11.6 Å². The maximum absolute atomic E-state index is 13.3. The fraction of sp³-hybridized carbons (Fsp3) is 0.400. The molecule has 3 rings (SSSR count). The topological polar surface area (TPSA) is 49.9 Å². The molecule has 2 aromatic rings. The molecule has 1 fully saturated rings. The van der Waals surface area contributed by atoms with Gasteiger partial charge in [-0.2, -0.15) is 4.31 Å². The second kappa shape index (κ2) is 7.70. The van der Waals surface area contributed by atoms with Crippen LogP contribution in [0.4, 0.5) is 5.69 Å². The third kappa shape index (κ3) is 3.79. The minimum absolute atomic E-state index is 0.403. The highest BCUT2D eigenvalue weighted by Gasteiger charge is 2.32. The van der Waals surface area contributed by atoms with Crippen LogP contribution in [-0.4, -0.2) is 46.0 Å². The lowest BCUT2D eigenvalue weighted by Gasteiger charge is -2.36. The molecule has 0 bridgehead atoms. The highest BCUT2D eigenvalue weighted by Crippen LogP contribution is 2.33. The van der Waals surface area contributed by atoms with E-state index in [9.17, 15) is 8.42 Å². The van der Waals surface area contributed by atoms with Gasteiger partial charge < -0.3 is 9.64 Å². The van der Waals surface area contributed by atoms with Crippen molar-refractivity contribution in [2.45, 2.75) is 25.7 Å². The van der Waals surface area contributed by atoms with E-state index in [-0.39, 0.29) is 0 Å². The molecule has 146 valence electrons. The molecule has 0 spiro atoms. The zero-order valence-corrected chi connectivity index (χ0v) is 17.7. The third-order valence-corrected chi connectivity index (χ3v) is 7.67. The Balaban J connectivity index is 1.83. The number of benzene rings is 2. The summed E-state index contributed by atoms with van der Waals surface area (Å²) in [6.07, 6.45) is 0. The quantitative estimate of drug-likeness (QED) is 0.772. The van der Waals surface area contributed by atoms with E-state index in [1.807, 2.05) is 45.0 Å². The average Bonchev–Trinajstić information content (AvgIpc) is 2.65. The Hall–Kier alpha value is -1.76. The van der Waals surface area contributed by atoms with Gasteiger partial charge in [0.15, 0.2) is 0 Å². The maximum atomic E-state index is 13.3. The van der Waals surface area contributed by atoms with Crippen LogP contribution in [0.5, 0.6) is 5.75 Å². The number of ether oxygens (including phenoxy) is 1. The van der Waals surface area contributed by atoms with Gasteiger partial charge in [0.2, 0.25) is 10.0 Å². The molecule has 0 amide bonds. The number of hydrogen-bond donors (Lipinski definition) is 0. The van der Waals surface area contributed by atoms with Crippen LogP contribution in [0.3, 0.4) is 0 Å². The van der Waals surface area contributed by atoms with Crippen molar-refractivity contribution in [1.29, 1.82) is 0 Å². The summed E-state index contributed by atoms with van der Waals surface area (Å²) in [5.41, 5.74) is 3.40. The van der Waals surface area contributed by atoms with Crippen LogP contribution in [0.2, 0.25) is 5.02 Å². The molecule has 2 aromatic carbocycles. The standard InChI is InChI=1S/C20H25ClN2O3S/c1-14-13-19(26-4)15(2)16(3)20(14)27(24,25)23-11-9-22(10-12-23)18-7-5-17(21)6-8-18/h5-8,13H,9-12H2,1-4H3. The predicted octanol–water partition coefficient (Wildman–Crippen LogP) is 3.78. The van der Waals surface area contributed by atoms with Gasteiger partial charge in [-0.3, -0.25) is 0 Å². The Kier molecular flexibility index (Phi) is 5.70. The summed E-state index contributed by atoms with van der Waals surface area (Å²) in [6.45, 7) is 7.77. The van der Waals surface area contributed by atoms with E-state index < -0.39 is 10.0 Å². The van der Waals surface area contributed by atoms with E-state index in [1.54, 1.807) is 17.5 Å². The second-order valence-corrected chi connectivity index (χ2v) is 9.15. The van der Waals surface area contributed by atoms with Crippen molar-refractivity contribution in [3.63, 3.8) is 0 Å². The summed E-state index contributed by atoms with van der Waals surface area (Å²) in [7, 11) is -1.95. The highest BCUT2D eigenvalue weighted by atomic mass is 35.5. The van der Waals surface area contributed by atoms with Crippen LogP contribution in [0.15, 0.2) is 35.2 Å². The number of hydrogen-bond acceptors (Lipinski definition) is 4. The van der Waals surface area contributed by atoms with E-state index in [0.717, 1.165) is 28.1 Å². The molecule has 7 heteroatoms. The van der Waals surface area contributed by atoms with Crippen molar-refractivity contribution in [2.24, 2.45) is 0 Å². The van der Waals surface area contributed by atoms with E-state index in [0.29, 0.717) is 36.1 Å². The number of aryl methyl sites for hydroxylation is 1. The molecule has 0 aliphatic carbocycles. The van der Waals surface area contributed by atoms with Crippen molar-refractivity contribution >= 4 is 27.3 Å². The zero-order valence-electron chi connectivity index (χ0n) is 16.1. The first kappa shape index (κ1) is 20.0. The Morgan fingerprint density at radius 2 is 1.56 bits per heavy atom. The molecule has 0 radical (unpaired) electrons. The van der Waals surface area contributed by atoms with Crippen molar-refractivity contribution in [1.82, 2.24) is 4.31 Å². The number of piperazine rings is 1. The minimum Gasteiger partial charge on any atom is -0.496 e. The fourth-order valence-corrected chi connectivity index (χ4v) is 5.63. The summed E-state index contributed by atoms with van der Waals surface area (Å²) in [5.74, 6) is 0.719. The van der Waals surface area contributed by atoms with Crippen molar-refractivity contribution in [3.05, 3.63) is 52.0 Å². The first-order valence-corrected chi connectivity index (χ1v) is 10.7. The van der Waals surface area contributed by atoms with Crippen LogP contribution in [-0.2, 0) is 10.0 Å². The molecule has 5 nitrogen and oxygen atoms in total. The van der Waals surface area contributed by atoms with E-state index in [1.165, 1.54) is 0 Å². The van der Waals surface area contributed by atoms with Gasteiger partial charge in [0, 0.05) is 36.9 Å². The summed E-state index contributed by atoms with van der Waals surface area (Å²) in [5, 5.41) is 0.695. The molecule has 1 aliphatic heterocycles. The highest BCUT2D eigenvalue weighted by molar-refractivity contribution is 7.89. The molecule has 27 heavy (non-hydrogen) atoms. The number of methoxy groups -OCH3 is 1. The first-order valence-electron chi connectivity index (χ1n) is 8.91. The molecule has 1 heterocycles. The van der Waals surface area contributed by atoms with Crippen molar-refractivity contribution < 1.29 is 13.2 Å². The Bertz CT molecular complexity index is 935. The third-order valence-electron chi connectivity index (χ3n) is 5.23. The fourth-order valence-electron chi connectivity index (χ4n) is 3.60. The molecule has 0 saturated carbocycles. The van der Waals surface area contributed by atoms with Gasteiger partial charge in [-0.25, -0.2) is 8.42 Å². The van der Waals surface area contributed by atoms with Crippen molar-refractivity contribution in [3.8, 4) is 5.75 Å². The predicted molar refractivity (Wildman–Crippen MR) is 110 cm³/mol. The molecule has 1 aliphatic rings. The lowest BCUT2D eigenvalue weighted by atomic mass is 10.1. The molecule has 0 aromatic heterocycles. The molecule has 0 unspecified atom stereocenters. The SMILES string of the molecule is COc1cc(C)c(S(=O)(=O)N2CCN(c3ccc(Cl)cc3)CC2)c(C)c1C. The number of anilines is 1. The van der Waals surface area contributed by atoms with Gasteiger partial charge in [-0.05, 0) is 67.8 Å². The zero-order chi connectivity index (χ0) is 19.8. The number of halogens is 1. The lowest BCUT2D eigenvalue weighted by Crippen LogP contribution is -2.48. The second-order valence-electron chi connectivity index (χ2n) is 6.84. The van der Waals surface area contributed by atoms with Gasteiger partial charge >= 0.3 is 0 Å². The normalized spacial score (nSPS) is 15.8. The maximum Gasteiger partial charge on any atom is 0.243 e. The van der Waals surface area contributed by atoms with Crippen LogP contribution in [0.25, 0.3) is 0 Å². The largest absolute Gasteiger partial charge is 0.496 e. The van der Waals surface area contributed by atoms with Crippen LogP contribution >= 0.6 is 11.6 Å². The van der Waals surface area contributed by atoms with Gasteiger partial charge in [0.25, 0.3) is 0 Å². The Morgan fingerprint density at radius 3 is 2.11 bits per heavy atom. The van der Waals surface area contributed by atoms with Crippen molar-refractivity contribution in [2.75, 3.05) is 38.2 Å². The number of nitrogens with zero attached hydrogens (tertiary/aromatic N) is 2. The van der Waals surface area contributed by atoms with E-state index >= 15 is 0 Å². The molecule has 1 saturated heterocycles. The summed E-state index contributed by atoms with van der Waals surface area (Å²) in [4.78, 5) is 2.59. The van der Waals surface area contributed by atoms with Gasteiger partial charge in [0.1, 0.15) is 5.75 Å². The first-order chi connectivity index (χ1) is 12.8. The smallest absolute Gasteiger partial charge is 0.243 e. The Morgan fingerprint density at radius 1 is 0.963 bits per heavy atom. The van der Waals surface area contributed by atoms with E-state index in [2.05, 4.69) is 4.90 Å².